The van der Waals surface area contributed by atoms with E-state index in [0.29, 0.717) is 18.7 Å². The highest BCUT2D eigenvalue weighted by Gasteiger charge is 2.18. The lowest BCUT2D eigenvalue weighted by molar-refractivity contribution is -0.139. The van der Waals surface area contributed by atoms with Crippen LogP contribution in [0, 0.1) is 0 Å². The number of hydrogen-bond acceptors (Lipinski definition) is 4. The molecule has 2 rings (SSSR count). The molecule has 0 atom stereocenters. The summed E-state index contributed by atoms with van der Waals surface area (Å²) in [5.41, 5.74) is 0.584. The van der Waals surface area contributed by atoms with Crippen LogP contribution in [0.4, 0.5) is 0 Å². The second-order valence-corrected chi connectivity index (χ2v) is 3.50. The molecule has 1 aromatic rings. The predicted molar refractivity (Wildman–Crippen MR) is 61.5 cm³/mol. The number of nitrogens with zero attached hydrogens (tertiary/aromatic N) is 3. The van der Waals surface area contributed by atoms with Gasteiger partial charge in [-0.05, 0) is 30.7 Å². The van der Waals surface area contributed by atoms with Gasteiger partial charge in [-0.1, -0.05) is 6.08 Å². The van der Waals surface area contributed by atoms with E-state index in [4.69, 9.17) is 0 Å². The number of rotatable bonds is 2. The van der Waals surface area contributed by atoms with Crippen LogP contribution in [0.2, 0.25) is 0 Å². The third-order valence-electron chi connectivity index (χ3n) is 2.30. The zero-order chi connectivity index (χ0) is 12.1. The Morgan fingerprint density at radius 2 is 2.35 bits per heavy atom. The number of hydrogen-bond donors (Lipinski definition) is 0. The SMILES string of the molecule is O=C1C=CCCN1C(=O)/C=C/c1cccnn1. The van der Waals surface area contributed by atoms with Gasteiger partial charge >= 0.3 is 0 Å². The second-order valence-electron chi connectivity index (χ2n) is 3.50. The molecule has 0 N–H and O–H groups in total. The maximum atomic E-state index is 11.7. The Bertz CT molecular complexity index is 480. The van der Waals surface area contributed by atoms with Crippen molar-refractivity contribution in [2.24, 2.45) is 0 Å². The smallest absolute Gasteiger partial charge is 0.253 e. The third kappa shape index (κ3) is 2.84. The summed E-state index contributed by atoms with van der Waals surface area (Å²) >= 11 is 0. The highest BCUT2D eigenvalue weighted by molar-refractivity contribution is 6.06. The molecule has 0 aromatic carbocycles. The standard InChI is InChI=1S/C12H11N3O2/c16-11-5-1-2-9-15(11)12(17)7-6-10-4-3-8-13-14-10/h1,3-8H,2,9H2/b7-6+. The van der Waals surface area contributed by atoms with Gasteiger partial charge in [0.05, 0.1) is 5.69 Å². The maximum absolute atomic E-state index is 11.7. The highest BCUT2D eigenvalue weighted by Crippen LogP contribution is 2.05. The lowest BCUT2D eigenvalue weighted by Crippen LogP contribution is -2.37. The first-order chi connectivity index (χ1) is 8.27. The molecular weight excluding hydrogens is 218 g/mol. The summed E-state index contributed by atoms with van der Waals surface area (Å²) in [5, 5.41) is 7.49. The van der Waals surface area contributed by atoms with Crippen LogP contribution >= 0.6 is 0 Å². The molecule has 0 saturated carbocycles. The van der Waals surface area contributed by atoms with Crippen LogP contribution < -0.4 is 0 Å². The summed E-state index contributed by atoms with van der Waals surface area (Å²) in [6.07, 6.45) is 8.31. The number of carbonyl (C=O) groups is 2. The number of amides is 2. The first-order valence-corrected chi connectivity index (χ1v) is 5.25. The average Bonchev–Trinajstić information content (AvgIpc) is 2.38. The fourth-order valence-electron chi connectivity index (χ4n) is 1.46. The molecule has 17 heavy (non-hydrogen) atoms. The molecular formula is C12H11N3O2. The average molecular weight is 229 g/mol. The lowest BCUT2D eigenvalue weighted by atomic mass is 10.2. The molecule has 2 heterocycles. The minimum Gasteiger partial charge on any atom is -0.275 e. The molecule has 0 radical (unpaired) electrons. The van der Waals surface area contributed by atoms with E-state index in [0.717, 1.165) is 0 Å². The molecule has 1 aliphatic heterocycles. The van der Waals surface area contributed by atoms with Gasteiger partial charge in [-0.3, -0.25) is 14.5 Å². The third-order valence-corrected chi connectivity index (χ3v) is 2.30. The van der Waals surface area contributed by atoms with Crippen molar-refractivity contribution < 1.29 is 9.59 Å². The summed E-state index contributed by atoms with van der Waals surface area (Å²) in [7, 11) is 0. The number of aromatic nitrogens is 2. The minimum atomic E-state index is -0.329. The van der Waals surface area contributed by atoms with Crippen molar-refractivity contribution in [1.29, 1.82) is 0 Å². The first kappa shape index (κ1) is 11.2. The fourth-order valence-corrected chi connectivity index (χ4v) is 1.46. The van der Waals surface area contributed by atoms with Gasteiger partial charge in [0.25, 0.3) is 11.8 Å². The van der Waals surface area contributed by atoms with E-state index in [-0.39, 0.29) is 11.8 Å². The fraction of sp³-hybridized carbons (Fsp3) is 0.167. The number of carbonyl (C=O) groups excluding carboxylic acids is 2. The highest BCUT2D eigenvalue weighted by atomic mass is 16.2. The van der Waals surface area contributed by atoms with Gasteiger partial charge in [0.1, 0.15) is 0 Å². The van der Waals surface area contributed by atoms with Crippen LogP contribution in [0.5, 0.6) is 0 Å². The normalized spacial score (nSPS) is 15.5. The van der Waals surface area contributed by atoms with Crippen molar-refractivity contribution in [3.05, 3.63) is 42.3 Å². The molecule has 0 aliphatic carbocycles. The molecule has 0 bridgehead atoms. The lowest BCUT2D eigenvalue weighted by Gasteiger charge is -2.19. The number of imide groups is 1. The van der Waals surface area contributed by atoms with Gasteiger partial charge in [-0.15, -0.1) is 0 Å². The monoisotopic (exact) mass is 229 g/mol. The van der Waals surface area contributed by atoms with Crippen molar-refractivity contribution in [2.75, 3.05) is 6.54 Å². The van der Waals surface area contributed by atoms with Crippen LogP contribution in [0.25, 0.3) is 6.08 Å². The predicted octanol–water partition coefficient (Wildman–Crippen LogP) is 0.805. The van der Waals surface area contributed by atoms with Gasteiger partial charge in [0.15, 0.2) is 0 Å². The Labute approximate surface area is 98.5 Å². The van der Waals surface area contributed by atoms with E-state index in [2.05, 4.69) is 10.2 Å². The van der Waals surface area contributed by atoms with E-state index in [1.165, 1.54) is 17.1 Å². The summed E-state index contributed by atoms with van der Waals surface area (Å²) in [6, 6.07) is 3.46. The van der Waals surface area contributed by atoms with Crippen LogP contribution in [0.15, 0.2) is 36.6 Å². The Morgan fingerprint density at radius 1 is 1.47 bits per heavy atom. The second kappa shape index (κ2) is 5.16. The first-order valence-electron chi connectivity index (χ1n) is 5.25. The Kier molecular flexibility index (Phi) is 3.40. The van der Waals surface area contributed by atoms with E-state index in [9.17, 15) is 9.59 Å². The Morgan fingerprint density at radius 3 is 3.06 bits per heavy atom. The molecule has 86 valence electrons. The molecule has 1 aliphatic rings. The molecule has 0 spiro atoms. The van der Waals surface area contributed by atoms with E-state index in [1.54, 1.807) is 30.5 Å². The van der Waals surface area contributed by atoms with Crippen molar-refractivity contribution in [3.63, 3.8) is 0 Å². The van der Waals surface area contributed by atoms with Gasteiger partial charge in [0, 0.05) is 18.8 Å². The van der Waals surface area contributed by atoms with Crippen LogP contribution in [-0.2, 0) is 9.59 Å². The molecule has 0 saturated heterocycles. The van der Waals surface area contributed by atoms with E-state index < -0.39 is 0 Å². The molecule has 5 nitrogen and oxygen atoms in total. The Hall–Kier alpha value is -2.30. The maximum Gasteiger partial charge on any atom is 0.253 e. The van der Waals surface area contributed by atoms with Crippen molar-refractivity contribution in [2.45, 2.75) is 6.42 Å². The molecule has 0 fully saturated rings. The van der Waals surface area contributed by atoms with Gasteiger partial charge in [-0.25, -0.2) is 0 Å². The van der Waals surface area contributed by atoms with Crippen LogP contribution in [0.1, 0.15) is 12.1 Å². The van der Waals surface area contributed by atoms with Crippen molar-refractivity contribution >= 4 is 17.9 Å². The van der Waals surface area contributed by atoms with Crippen LogP contribution in [0.3, 0.4) is 0 Å². The van der Waals surface area contributed by atoms with Crippen molar-refractivity contribution in [1.82, 2.24) is 15.1 Å². The van der Waals surface area contributed by atoms with E-state index >= 15 is 0 Å². The van der Waals surface area contributed by atoms with Gasteiger partial charge in [0.2, 0.25) is 0 Å². The minimum absolute atomic E-state index is 0.273. The van der Waals surface area contributed by atoms with Gasteiger partial charge < -0.3 is 0 Å². The zero-order valence-electron chi connectivity index (χ0n) is 9.11. The summed E-state index contributed by atoms with van der Waals surface area (Å²) in [6.45, 7) is 0.430. The largest absolute Gasteiger partial charge is 0.275 e. The molecule has 2 amide bonds. The van der Waals surface area contributed by atoms with Crippen LogP contribution in [-0.4, -0.2) is 33.5 Å². The zero-order valence-corrected chi connectivity index (χ0v) is 9.11. The Balaban J connectivity index is 2.04. The summed E-state index contributed by atoms with van der Waals surface area (Å²) in [5.74, 6) is -0.602. The summed E-state index contributed by atoms with van der Waals surface area (Å²) in [4.78, 5) is 24.3. The van der Waals surface area contributed by atoms with Crippen molar-refractivity contribution in [3.8, 4) is 0 Å². The molecule has 1 aromatic heterocycles. The quantitative estimate of drug-likeness (QED) is 0.704. The molecule has 5 heteroatoms. The topological polar surface area (TPSA) is 63.2 Å². The van der Waals surface area contributed by atoms with E-state index in [1.807, 2.05) is 0 Å². The van der Waals surface area contributed by atoms with Gasteiger partial charge in [-0.2, -0.15) is 10.2 Å². The molecule has 0 unspecified atom stereocenters. The summed E-state index contributed by atoms with van der Waals surface area (Å²) < 4.78 is 0.